The van der Waals surface area contributed by atoms with Crippen molar-refractivity contribution in [3.8, 4) is 0 Å². The van der Waals surface area contributed by atoms with Gasteiger partial charge in [0.25, 0.3) is 0 Å². The molecule has 0 unspecified atom stereocenters. The second kappa shape index (κ2) is 7.46. The molecule has 1 amide bonds. The van der Waals surface area contributed by atoms with Gasteiger partial charge in [0.05, 0.1) is 6.20 Å². The number of piperazine rings is 1. The molecule has 1 saturated heterocycles. The van der Waals surface area contributed by atoms with Crippen molar-refractivity contribution in [1.82, 2.24) is 20.1 Å². The van der Waals surface area contributed by atoms with Gasteiger partial charge in [0.15, 0.2) is 5.82 Å². The van der Waals surface area contributed by atoms with Gasteiger partial charge < -0.3 is 15.1 Å². The van der Waals surface area contributed by atoms with Crippen LogP contribution in [0.25, 0.3) is 0 Å². The van der Waals surface area contributed by atoms with Crippen molar-refractivity contribution in [2.24, 2.45) is 0 Å². The van der Waals surface area contributed by atoms with Crippen LogP contribution < -0.4 is 10.2 Å². The van der Waals surface area contributed by atoms with E-state index in [1.165, 1.54) is 11.1 Å². The monoisotopic (exact) mass is 340 g/mol. The topological polar surface area (TPSA) is 74.2 Å². The summed E-state index contributed by atoms with van der Waals surface area (Å²) in [6.07, 6.45) is 2.53. The van der Waals surface area contributed by atoms with E-state index in [9.17, 15) is 4.79 Å². The van der Waals surface area contributed by atoms with Crippen LogP contribution in [0.4, 0.5) is 17.5 Å². The van der Waals surface area contributed by atoms with E-state index >= 15 is 0 Å². The second-order valence-corrected chi connectivity index (χ2v) is 6.59. The largest absolute Gasteiger partial charge is 0.342 e. The normalized spacial score (nSPS) is 14.7. The van der Waals surface area contributed by atoms with Crippen LogP contribution in [-0.2, 0) is 4.79 Å². The molecule has 1 aliphatic heterocycles. The molecular weight excluding hydrogens is 316 g/mol. The summed E-state index contributed by atoms with van der Waals surface area (Å²) in [5.74, 6) is 1.68. The van der Waals surface area contributed by atoms with Crippen LogP contribution >= 0.6 is 0 Å². The lowest BCUT2D eigenvalue weighted by Crippen LogP contribution is -2.46. The summed E-state index contributed by atoms with van der Waals surface area (Å²) < 4.78 is 0. The van der Waals surface area contributed by atoms with Crippen molar-refractivity contribution in [2.45, 2.75) is 26.7 Å². The maximum absolute atomic E-state index is 10.8. The fourth-order valence-corrected chi connectivity index (χ4v) is 2.99. The number of carbonyl (C=O) groups is 1. The number of amides is 1. The van der Waals surface area contributed by atoms with Crippen LogP contribution in [0.15, 0.2) is 24.4 Å². The maximum Gasteiger partial charge on any atom is 0.247 e. The van der Waals surface area contributed by atoms with Gasteiger partial charge in [-0.3, -0.25) is 4.79 Å². The van der Waals surface area contributed by atoms with Crippen molar-refractivity contribution < 1.29 is 4.79 Å². The smallest absolute Gasteiger partial charge is 0.247 e. The van der Waals surface area contributed by atoms with E-state index in [4.69, 9.17) is 0 Å². The van der Waals surface area contributed by atoms with E-state index in [1.807, 2.05) is 0 Å². The SMILES string of the molecule is Cc1cccc(C(C)C)c1Nc1cnnc(N2CCN(C=O)CC2)n1. The van der Waals surface area contributed by atoms with Gasteiger partial charge in [0.1, 0.15) is 0 Å². The van der Waals surface area contributed by atoms with E-state index in [1.54, 1.807) is 11.1 Å². The number of aromatic nitrogens is 3. The standard InChI is InChI=1S/C18H24N6O/c1-13(2)15-6-4-5-14(3)17(15)20-16-11-19-22-18(21-16)24-9-7-23(12-25)8-10-24/h4-6,11-13H,7-10H2,1-3H3,(H,20,21,22). The van der Waals surface area contributed by atoms with Gasteiger partial charge >= 0.3 is 0 Å². The molecule has 1 aromatic carbocycles. The average molecular weight is 340 g/mol. The molecule has 1 N–H and O–H groups in total. The lowest BCUT2D eigenvalue weighted by atomic mass is 9.98. The van der Waals surface area contributed by atoms with E-state index in [0.717, 1.165) is 12.1 Å². The summed E-state index contributed by atoms with van der Waals surface area (Å²) in [4.78, 5) is 19.3. The predicted molar refractivity (Wildman–Crippen MR) is 98.2 cm³/mol. The first-order chi connectivity index (χ1) is 12.1. The summed E-state index contributed by atoms with van der Waals surface area (Å²) in [6, 6.07) is 6.29. The number of aryl methyl sites for hydroxylation is 1. The van der Waals surface area contributed by atoms with Gasteiger partial charge in [0, 0.05) is 31.9 Å². The second-order valence-electron chi connectivity index (χ2n) is 6.59. The highest BCUT2D eigenvalue weighted by Gasteiger charge is 2.19. The first kappa shape index (κ1) is 17.1. The Bertz CT molecular complexity index is 740. The van der Waals surface area contributed by atoms with Crippen LogP contribution in [0.3, 0.4) is 0 Å². The average Bonchev–Trinajstić information content (AvgIpc) is 2.63. The number of hydrogen-bond acceptors (Lipinski definition) is 6. The van der Waals surface area contributed by atoms with Crippen LogP contribution in [0.1, 0.15) is 30.9 Å². The molecule has 1 aromatic heterocycles. The lowest BCUT2D eigenvalue weighted by molar-refractivity contribution is -0.118. The Hall–Kier alpha value is -2.70. The molecule has 0 bridgehead atoms. The van der Waals surface area contributed by atoms with Crippen molar-refractivity contribution in [3.05, 3.63) is 35.5 Å². The Morgan fingerprint density at radius 3 is 2.64 bits per heavy atom. The minimum Gasteiger partial charge on any atom is -0.342 e. The molecule has 25 heavy (non-hydrogen) atoms. The number of nitrogens with zero attached hydrogens (tertiary/aromatic N) is 5. The Balaban J connectivity index is 1.80. The van der Waals surface area contributed by atoms with E-state index in [-0.39, 0.29) is 0 Å². The number of benzene rings is 1. The molecular formula is C18H24N6O. The van der Waals surface area contributed by atoms with Crippen LogP contribution in [0.2, 0.25) is 0 Å². The van der Waals surface area contributed by atoms with E-state index in [2.05, 4.69) is 64.4 Å². The quantitative estimate of drug-likeness (QED) is 0.842. The first-order valence-corrected chi connectivity index (χ1v) is 8.59. The fourth-order valence-electron chi connectivity index (χ4n) is 2.99. The molecule has 3 rings (SSSR count). The van der Waals surface area contributed by atoms with Crippen molar-refractivity contribution in [3.63, 3.8) is 0 Å². The van der Waals surface area contributed by atoms with Gasteiger partial charge in [0.2, 0.25) is 12.4 Å². The maximum atomic E-state index is 10.8. The van der Waals surface area contributed by atoms with Crippen molar-refractivity contribution in [2.75, 3.05) is 36.4 Å². The van der Waals surface area contributed by atoms with Crippen LogP contribution in [0, 0.1) is 6.92 Å². The summed E-state index contributed by atoms with van der Waals surface area (Å²) in [7, 11) is 0. The van der Waals surface area contributed by atoms with Gasteiger partial charge in [-0.05, 0) is 24.0 Å². The Morgan fingerprint density at radius 2 is 1.96 bits per heavy atom. The van der Waals surface area contributed by atoms with Gasteiger partial charge in [-0.15, -0.1) is 5.10 Å². The molecule has 2 heterocycles. The third kappa shape index (κ3) is 3.87. The molecule has 1 aliphatic rings. The van der Waals surface area contributed by atoms with Gasteiger partial charge in [-0.2, -0.15) is 10.1 Å². The summed E-state index contributed by atoms with van der Waals surface area (Å²) >= 11 is 0. The molecule has 7 nitrogen and oxygen atoms in total. The van der Waals surface area contributed by atoms with Crippen LogP contribution in [0.5, 0.6) is 0 Å². The van der Waals surface area contributed by atoms with Crippen molar-refractivity contribution >= 4 is 23.9 Å². The zero-order valence-corrected chi connectivity index (χ0v) is 14.9. The van der Waals surface area contributed by atoms with E-state index in [0.29, 0.717) is 43.9 Å². The van der Waals surface area contributed by atoms with Crippen LogP contribution in [-0.4, -0.2) is 52.7 Å². The molecule has 0 spiro atoms. The molecule has 2 aromatic rings. The first-order valence-electron chi connectivity index (χ1n) is 8.59. The highest BCUT2D eigenvalue weighted by Crippen LogP contribution is 2.29. The third-order valence-corrected chi connectivity index (χ3v) is 4.47. The zero-order valence-electron chi connectivity index (χ0n) is 14.9. The summed E-state index contributed by atoms with van der Waals surface area (Å²) in [5, 5.41) is 11.7. The number of para-hydroxylation sites is 1. The zero-order chi connectivity index (χ0) is 17.8. The van der Waals surface area contributed by atoms with E-state index < -0.39 is 0 Å². The molecule has 7 heteroatoms. The Labute approximate surface area is 148 Å². The molecule has 0 saturated carbocycles. The van der Waals surface area contributed by atoms with Gasteiger partial charge in [-0.25, -0.2) is 0 Å². The summed E-state index contributed by atoms with van der Waals surface area (Å²) in [6.45, 7) is 9.23. The number of nitrogens with one attached hydrogen (secondary N) is 1. The number of carbonyl (C=O) groups excluding carboxylic acids is 1. The Morgan fingerprint density at radius 1 is 1.20 bits per heavy atom. The van der Waals surface area contributed by atoms with Gasteiger partial charge in [-0.1, -0.05) is 32.0 Å². The van der Waals surface area contributed by atoms with Crippen molar-refractivity contribution in [1.29, 1.82) is 0 Å². The predicted octanol–water partition coefficient (Wildman–Crippen LogP) is 2.33. The number of anilines is 3. The fraction of sp³-hybridized carbons (Fsp3) is 0.444. The Kier molecular flexibility index (Phi) is 5.11. The molecule has 1 fully saturated rings. The minimum atomic E-state index is 0.410. The molecule has 0 radical (unpaired) electrons. The molecule has 132 valence electrons. The summed E-state index contributed by atoms with van der Waals surface area (Å²) in [5.41, 5.74) is 3.50. The highest BCUT2D eigenvalue weighted by atomic mass is 16.1. The number of rotatable bonds is 5. The molecule has 0 atom stereocenters. The highest BCUT2D eigenvalue weighted by molar-refractivity contribution is 5.65. The lowest BCUT2D eigenvalue weighted by Gasteiger charge is -2.32. The third-order valence-electron chi connectivity index (χ3n) is 4.47. The number of hydrogen-bond donors (Lipinski definition) is 1. The molecule has 0 aliphatic carbocycles. The minimum absolute atomic E-state index is 0.410.